The standard InChI is InChI=1S/C14H18ClN3O/c1-10-6-12-14(16-8-10)18(13(7-15)17-12)4-2-11-3-5-19-9-11/h6,8,11H,2-5,7,9H2,1H3. The number of alkyl halides is 1. The first-order valence-corrected chi connectivity index (χ1v) is 7.27. The maximum atomic E-state index is 6.00. The van der Waals surface area contributed by atoms with Crippen molar-refractivity contribution in [3.8, 4) is 0 Å². The fourth-order valence-corrected chi connectivity index (χ4v) is 2.82. The molecule has 0 amide bonds. The number of ether oxygens (including phenoxy) is 1. The molecular formula is C14H18ClN3O. The van der Waals surface area contributed by atoms with Gasteiger partial charge in [-0.25, -0.2) is 9.97 Å². The Morgan fingerprint density at radius 2 is 2.42 bits per heavy atom. The molecule has 1 aliphatic heterocycles. The number of aromatic nitrogens is 3. The van der Waals surface area contributed by atoms with E-state index in [0.29, 0.717) is 11.8 Å². The average molecular weight is 280 g/mol. The summed E-state index contributed by atoms with van der Waals surface area (Å²) < 4.78 is 7.57. The van der Waals surface area contributed by atoms with Crippen molar-refractivity contribution in [2.75, 3.05) is 13.2 Å². The summed E-state index contributed by atoms with van der Waals surface area (Å²) in [4.78, 5) is 9.08. The van der Waals surface area contributed by atoms with E-state index >= 15 is 0 Å². The third kappa shape index (κ3) is 2.60. The molecule has 1 fully saturated rings. The van der Waals surface area contributed by atoms with Crippen molar-refractivity contribution in [1.82, 2.24) is 14.5 Å². The van der Waals surface area contributed by atoms with Crippen LogP contribution in [0.5, 0.6) is 0 Å². The summed E-state index contributed by atoms with van der Waals surface area (Å²) in [6.45, 7) is 4.73. The van der Waals surface area contributed by atoms with Crippen LogP contribution in [-0.2, 0) is 17.2 Å². The fourth-order valence-electron chi connectivity index (χ4n) is 2.62. The molecule has 0 bridgehead atoms. The Bertz CT molecular complexity index is 575. The van der Waals surface area contributed by atoms with E-state index in [2.05, 4.69) is 20.6 Å². The Hall–Kier alpha value is -1.13. The minimum atomic E-state index is 0.427. The van der Waals surface area contributed by atoms with Gasteiger partial charge in [-0.2, -0.15) is 0 Å². The molecule has 1 aliphatic rings. The van der Waals surface area contributed by atoms with Crippen LogP contribution < -0.4 is 0 Å². The Morgan fingerprint density at radius 3 is 3.16 bits per heavy atom. The number of hydrogen-bond donors (Lipinski definition) is 0. The molecule has 3 rings (SSSR count). The zero-order chi connectivity index (χ0) is 13.2. The number of rotatable bonds is 4. The van der Waals surface area contributed by atoms with Gasteiger partial charge >= 0.3 is 0 Å². The normalized spacial score (nSPS) is 19.4. The molecule has 4 nitrogen and oxygen atoms in total. The lowest BCUT2D eigenvalue weighted by Crippen LogP contribution is -2.09. The predicted octanol–water partition coefficient (Wildman–Crippen LogP) is 2.91. The molecule has 19 heavy (non-hydrogen) atoms. The van der Waals surface area contributed by atoms with Gasteiger partial charge in [0.15, 0.2) is 5.65 Å². The molecule has 5 heteroatoms. The summed E-state index contributed by atoms with van der Waals surface area (Å²) in [7, 11) is 0. The van der Waals surface area contributed by atoms with Crippen LogP contribution in [0.4, 0.5) is 0 Å². The highest BCUT2D eigenvalue weighted by atomic mass is 35.5. The molecule has 1 unspecified atom stereocenters. The number of aryl methyl sites for hydroxylation is 2. The van der Waals surface area contributed by atoms with Crippen LogP contribution >= 0.6 is 11.6 Å². The van der Waals surface area contributed by atoms with Gasteiger partial charge in [-0.1, -0.05) is 0 Å². The van der Waals surface area contributed by atoms with Crippen molar-refractivity contribution in [3.63, 3.8) is 0 Å². The van der Waals surface area contributed by atoms with Gasteiger partial charge in [0.1, 0.15) is 11.3 Å². The molecule has 102 valence electrons. The van der Waals surface area contributed by atoms with Gasteiger partial charge in [0.25, 0.3) is 0 Å². The van der Waals surface area contributed by atoms with Gasteiger partial charge in [-0.3, -0.25) is 0 Å². The first-order valence-electron chi connectivity index (χ1n) is 6.73. The molecule has 0 radical (unpaired) electrons. The number of imidazole rings is 1. The van der Waals surface area contributed by atoms with Crippen molar-refractivity contribution >= 4 is 22.8 Å². The zero-order valence-corrected chi connectivity index (χ0v) is 11.9. The molecule has 1 atom stereocenters. The first-order chi connectivity index (χ1) is 9.28. The Labute approximate surface area is 117 Å². The van der Waals surface area contributed by atoms with Gasteiger partial charge in [-0.05, 0) is 37.3 Å². The van der Waals surface area contributed by atoms with E-state index in [0.717, 1.165) is 55.2 Å². The van der Waals surface area contributed by atoms with E-state index in [-0.39, 0.29) is 0 Å². The molecule has 0 spiro atoms. The van der Waals surface area contributed by atoms with Gasteiger partial charge < -0.3 is 9.30 Å². The highest BCUT2D eigenvalue weighted by molar-refractivity contribution is 6.16. The molecule has 0 aromatic carbocycles. The Morgan fingerprint density at radius 1 is 1.53 bits per heavy atom. The highest BCUT2D eigenvalue weighted by Crippen LogP contribution is 2.21. The molecule has 2 aromatic heterocycles. The minimum absolute atomic E-state index is 0.427. The van der Waals surface area contributed by atoms with Crippen LogP contribution in [0.15, 0.2) is 12.3 Å². The largest absolute Gasteiger partial charge is 0.381 e. The fraction of sp³-hybridized carbons (Fsp3) is 0.571. The topological polar surface area (TPSA) is 39.9 Å². The van der Waals surface area contributed by atoms with Crippen LogP contribution in [0.25, 0.3) is 11.2 Å². The summed E-state index contributed by atoms with van der Waals surface area (Å²) in [5.74, 6) is 2.00. The summed E-state index contributed by atoms with van der Waals surface area (Å²) in [6.07, 6.45) is 4.15. The molecular weight excluding hydrogens is 262 g/mol. The zero-order valence-electron chi connectivity index (χ0n) is 11.1. The van der Waals surface area contributed by atoms with Crippen molar-refractivity contribution in [2.45, 2.75) is 32.2 Å². The van der Waals surface area contributed by atoms with E-state index in [1.807, 2.05) is 13.1 Å². The van der Waals surface area contributed by atoms with Gasteiger partial charge in [-0.15, -0.1) is 11.6 Å². The summed E-state index contributed by atoms with van der Waals surface area (Å²) in [5, 5.41) is 0. The lowest BCUT2D eigenvalue weighted by atomic mass is 10.1. The second kappa shape index (κ2) is 5.47. The van der Waals surface area contributed by atoms with Crippen LogP contribution in [0, 0.1) is 12.8 Å². The van der Waals surface area contributed by atoms with Crippen molar-refractivity contribution < 1.29 is 4.74 Å². The maximum Gasteiger partial charge on any atom is 0.160 e. The molecule has 3 heterocycles. The van der Waals surface area contributed by atoms with Crippen LogP contribution in [0.3, 0.4) is 0 Å². The minimum Gasteiger partial charge on any atom is -0.381 e. The predicted molar refractivity (Wildman–Crippen MR) is 75.4 cm³/mol. The van der Waals surface area contributed by atoms with E-state index in [1.54, 1.807) is 0 Å². The van der Waals surface area contributed by atoms with E-state index in [1.165, 1.54) is 0 Å². The SMILES string of the molecule is Cc1cnc2c(c1)nc(CCl)n2CCC1CCOC1. The quantitative estimate of drug-likeness (QED) is 0.808. The molecule has 1 saturated heterocycles. The molecule has 2 aromatic rings. The molecule has 0 aliphatic carbocycles. The van der Waals surface area contributed by atoms with Crippen LogP contribution in [-0.4, -0.2) is 27.7 Å². The summed E-state index contributed by atoms with van der Waals surface area (Å²) in [6, 6.07) is 2.06. The Kier molecular flexibility index (Phi) is 3.71. The number of fused-ring (bicyclic) bond motifs is 1. The summed E-state index contributed by atoms with van der Waals surface area (Å²) in [5.41, 5.74) is 3.01. The molecule has 0 saturated carbocycles. The second-order valence-electron chi connectivity index (χ2n) is 5.19. The third-order valence-electron chi connectivity index (χ3n) is 3.71. The van der Waals surface area contributed by atoms with Gasteiger partial charge in [0.2, 0.25) is 0 Å². The van der Waals surface area contributed by atoms with Gasteiger partial charge in [0, 0.05) is 26.0 Å². The van der Waals surface area contributed by atoms with Gasteiger partial charge in [0.05, 0.1) is 5.88 Å². The van der Waals surface area contributed by atoms with Crippen molar-refractivity contribution in [3.05, 3.63) is 23.7 Å². The number of halogens is 1. The number of hydrogen-bond acceptors (Lipinski definition) is 3. The monoisotopic (exact) mass is 279 g/mol. The first kappa shape index (κ1) is 12.9. The third-order valence-corrected chi connectivity index (χ3v) is 3.94. The van der Waals surface area contributed by atoms with E-state index < -0.39 is 0 Å². The van der Waals surface area contributed by atoms with Crippen molar-refractivity contribution in [1.29, 1.82) is 0 Å². The summed E-state index contributed by atoms with van der Waals surface area (Å²) >= 11 is 6.00. The van der Waals surface area contributed by atoms with Crippen molar-refractivity contribution in [2.24, 2.45) is 5.92 Å². The lowest BCUT2D eigenvalue weighted by Gasteiger charge is -2.10. The number of nitrogens with zero attached hydrogens (tertiary/aromatic N) is 3. The van der Waals surface area contributed by atoms with E-state index in [4.69, 9.17) is 16.3 Å². The highest BCUT2D eigenvalue weighted by Gasteiger charge is 2.17. The second-order valence-corrected chi connectivity index (χ2v) is 5.45. The maximum absolute atomic E-state index is 6.00. The smallest absolute Gasteiger partial charge is 0.160 e. The van der Waals surface area contributed by atoms with Crippen LogP contribution in [0.2, 0.25) is 0 Å². The Balaban J connectivity index is 1.87. The molecule has 0 N–H and O–H groups in total. The van der Waals surface area contributed by atoms with E-state index in [9.17, 15) is 0 Å². The number of pyridine rings is 1. The average Bonchev–Trinajstić information content (AvgIpc) is 3.02. The lowest BCUT2D eigenvalue weighted by molar-refractivity contribution is 0.183. The van der Waals surface area contributed by atoms with Crippen LogP contribution in [0.1, 0.15) is 24.2 Å².